The molecule has 1 aliphatic carbocycles. The number of allylic oxidation sites excluding steroid dienone is 1. The summed E-state index contributed by atoms with van der Waals surface area (Å²) in [6.45, 7) is 11.2. The van der Waals surface area contributed by atoms with E-state index in [2.05, 4.69) is 4.85 Å². The molecule has 0 aromatic carbocycles. The van der Waals surface area contributed by atoms with Gasteiger partial charge in [-0.1, -0.05) is 12.0 Å². The third-order valence-corrected chi connectivity index (χ3v) is 3.09. The number of hydrogen-bond donors (Lipinski definition) is 0. The van der Waals surface area contributed by atoms with Crippen molar-refractivity contribution in [1.29, 1.82) is 0 Å². The maximum absolute atomic E-state index is 11.7. The van der Waals surface area contributed by atoms with Crippen molar-refractivity contribution < 1.29 is 19.1 Å². The van der Waals surface area contributed by atoms with Gasteiger partial charge < -0.3 is 9.47 Å². The van der Waals surface area contributed by atoms with Crippen LogP contribution in [0.1, 0.15) is 39.5 Å². The van der Waals surface area contributed by atoms with Gasteiger partial charge in [0.2, 0.25) is 0 Å². The van der Waals surface area contributed by atoms with Gasteiger partial charge in [-0.15, -0.1) is 0 Å². The summed E-state index contributed by atoms with van der Waals surface area (Å²) in [5.41, 5.74) is 0.801. The van der Waals surface area contributed by atoms with Crippen molar-refractivity contribution >= 4 is 11.9 Å². The van der Waals surface area contributed by atoms with Gasteiger partial charge >= 0.3 is 11.9 Å². The molecular formula is C14H19NO4. The van der Waals surface area contributed by atoms with Crippen LogP contribution < -0.4 is 0 Å². The first-order valence-electron chi connectivity index (χ1n) is 6.57. The molecule has 0 N–H and O–H groups in total. The SMILES string of the molecule is [C-]#[N+]C(C(=O)OCC)=C1CCCC1CC(=O)OCC. The Bertz CT molecular complexity index is 420. The molecule has 0 spiro atoms. The Labute approximate surface area is 113 Å². The second kappa shape index (κ2) is 7.57. The Morgan fingerprint density at radius 1 is 1.32 bits per heavy atom. The number of carbonyl (C=O) groups excluding carboxylic acids is 2. The molecule has 0 aromatic rings. The fourth-order valence-electron chi connectivity index (χ4n) is 2.32. The molecule has 5 nitrogen and oxygen atoms in total. The van der Waals surface area contributed by atoms with Crippen LogP contribution in [0.5, 0.6) is 0 Å². The topological polar surface area (TPSA) is 57.0 Å². The van der Waals surface area contributed by atoms with Crippen molar-refractivity contribution in [2.24, 2.45) is 5.92 Å². The first kappa shape index (κ1) is 15.2. The number of rotatable bonds is 5. The number of carbonyl (C=O) groups is 2. The molecule has 19 heavy (non-hydrogen) atoms. The lowest BCUT2D eigenvalue weighted by atomic mass is 9.97. The molecule has 5 heteroatoms. The second-order valence-electron chi connectivity index (χ2n) is 4.30. The van der Waals surface area contributed by atoms with E-state index in [-0.39, 0.29) is 30.6 Å². The lowest BCUT2D eigenvalue weighted by Gasteiger charge is -2.13. The molecule has 1 unspecified atom stereocenters. The van der Waals surface area contributed by atoms with Crippen LogP contribution in [0.15, 0.2) is 11.3 Å². The van der Waals surface area contributed by atoms with Crippen molar-refractivity contribution in [2.45, 2.75) is 39.5 Å². The molecule has 0 saturated heterocycles. The average Bonchev–Trinajstić information content (AvgIpc) is 2.79. The third kappa shape index (κ3) is 4.09. The van der Waals surface area contributed by atoms with Crippen LogP contribution in [0, 0.1) is 12.5 Å². The van der Waals surface area contributed by atoms with Gasteiger partial charge in [0.25, 0.3) is 5.70 Å². The Kier molecular flexibility index (Phi) is 6.07. The third-order valence-electron chi connectivity index (χ3n) is 3.09. The minimum absolute atomic E-state index is 0.0497. The molecule has 0 aromatic heterocycles. The summed E-state index contributed by atoms with van der Waals surface area (Å²) in [7, 11) is 0. The summed E-state index contributed by atoms with van der Waals surface area (Å²) < 4.78 is 9.80. The smallest absolute Gasteiger partial charge is 0.336 e. The lowest BCUT2D eigenvalue weighted by molar-refractivity contribution is -0.144. The first-order valence-corrected chi connectivity index (χ1v) is 6.57. The highest BCUT2D eigenvalue weighted by atomic mass is 16.5. The zero-order valence-corrected chi connectivity index (χ0v) is 11.4. The average molecular weight is 265 g/mol. The Morgan fingerprint density at radius 3 is 2.58 bits per heavy atom. The van der Waals surface area contributed by atoms with E-state index in [1.54, 1.807) is 13.8 Å². The fourth-order valence-corrected chi connectivity index (χ4v) is 2.32. The zero-order valence-electron chi connectivity index (χ0n) is 11.4. The highest BCUT2D eigenvalue weighted by Gasteiger charge is 2.30. The van der Waals surface area contributed by atoms with E-state index in [0.717, 1.165) is 18.4 Å². The summed E-state index contributed by atoms with van der Waals surface area (Å²) in [5, 5.41) is 0. The van der Waals surface area contributed by atoms with Crippen molar-refractivity contribution in [3.8, 4) is 0 Å². The van der Waals surface area contributed by atoms with Gasteiger partial charge in [0.05, 0.1) is 26.2 Å². The maximum atomic E-state index is 11.7. The van der Waals surface area contributed by atoms with Crippen LogP contribution in [0.25, 0.3) is 4.85 Å². The van der Waals surface area contributed by atoms with Crippen molar-refractivity contribution in [1.82, 2.24) is 0 Å². The summed E-state index contributed by atoms with van der Waals surface area (Å²) >= 11 is 0. The summed E-state index contributed by atoms with van der Waals surface area (Å²) in [4.78, 5) is 26.5. The Hall–Kier alpha value is -1.83. The molecule has 0 aliphatic heterocycles. The quantitative estimate of drug-likeness (QED) is 0.435. The summed E-state index contributed by atoms with van der Waals surface area (Å²) in [6.07, 6.45) is 2.62. The highest BCUT2D eigenvalue weighted by Crippen LogP contribution is 2.36. The van der Waals surface area contributed by atoms with Crippen molar-refractivity contribution in [3.05, 3.63) is 22.7 Å². The number of nitrogens with zero attached hydrogens (tertiary/aromatic N) is 1. The van der Waals surface area contributed by atoms with E-state index in [9.17, 15) is 9.59 Å². The molecule has 104 valence electrons. The van der Waals surface area contributed by atoms with Crippen LogP contribution in [0.3, 0.4) is 0 Å². The van der Waals surface area contributed by atoms with E-state index in [1.807, 2.05) is 0 Å². The predicted molar refractivity (Wildman–Crippen MR) is 68.9 cm³/mol. The predicted octanol–water partition coefficient (Wildman–Crippen LogP) is 2.48. The standard InChI is InChI=1S/C14H19NO4/c1-4-18-12(16)9-10-7-6-8-11(10)13(15-3)14(17)19-5-2/h10H,4-9H2,1-2H3. The monoisotopic (exact) mass is 265 g/mol. The molecule has 0 bridgehead atoms. The van der Waals surface area contributed by atoms with E-state index in [1.165, 1.54) is 0 Å². The van der Waals surface area contributed by atoms with Gasteiger partial charge in [-0.3, -0.25) is 9.59 Å². The van der Waals surface area contributed by atoms with Gasteiger partial charge in [-0.05, 0) is 32.6 Å². The largest absolute Gasteiger partial charge is 0.471 e. The van der Waals surface area contributed by atoms with E-state index >= 15 is 0 Å². The maximum Gasteiger partial charge on any atom is 0.336 e. The molecule has 1 fully saturated rings. The van der Waals surface area contributed by atoms with Gasteiger partial charge in [-0.2, -0.15) is 0 Å². The van der Waals surface area contributed by atoms with Gasteiger partial charge in [0.15, 0.2) is 0 Å². The van der Waals surface area contributed by atoms with Crippen LogP contribution in [0.4, 0.5) is 0 Å². The van der Waals surface area contributed by atoms with E-state index in [0.29, 0.717) is 13.0 Å². The number of hydrogen-bond acceptors (Lipinski definition) is 4. The van der Waals surface area contributed by atoms with Crippen LogP contribution in [-0.4, -0.2) is 25.2 Å². The molecule has 1 rings (SSSR count). The minimum Gasteiger partial charge on any atom is -0.471 e. The fraction of sp³-hybridized carbons (Fsp3) is 0.643. The second-order valence-corrected chi connectivity index (χ2v) is 4.30. The number of esters is 2. The highest BCUT2D eigenvalue weighted by molar-refractivity contribution is 5.91. The summed E-state index contributed by atoms with van der Waals surface area (Å²) in [5.74, 6) is -0.920. The van der Waals surface area contributed by atoms with E-state index in [4.69, 9.17) is 16.0 Å². The molecule has 0 radical (unpaired) electrons. The molecule has 0 heterocycles. The normalized spacial score (nSPS) is 20.6. The van der Waals surface area contributed by atoms with Gasteiger partial charge in [0, 0.05) is 0 Å². The zero-order chi connectivity index (χ0) is 14.3. The van der Waals surface area contributed by atoms with E-state index < -0.39 is 5.97 Å². The van der Waals surface area contributed by atoms with Crippen LogP contribution in [-0.2, 0) is 19.1 Å². The van der Waals surface area contributed by atoms with Gasteiger partial charge in [-0.25, -0.2) is 4.85 Å². The van der Waals surface area contributed by atoms with Crippen LogP contribution in [0.2, 0.25) is 0 Å². The number of ether oxygens (including phenoxy) is 2. The first-order chi connectivity index (χ1) is 9.13. The van der Waals surface area contributed by atoms with Crippen molar-refractivity contribution in [3.63, 3.8) is 0 Å². The lowest BCUT2D eigenvalue weighted by Crippen LogP contribution is -2.14. The molecule has 1 aliphatic rings. The molecule has 1 atom stereocenters. The molecule has 1 saturated carbocycles. The Morgan fingerprint density at radius 2 is 2.00 bits per heavy atom. The minimum atomic E-state index is -0.580. The molecular weight excluding hydrogens is 246 g/mol. The molecule has 0 amide bonds. The van der Waals surface area contributed by atoms with Crippen LogP contribution >= 0.6 is 0 Å². The summed E-state index contributed by atoms with van der Waals surface area (Å²) in [6, 6.07) is 0. The van der Waals surface area contributed by atoms with Crippen molar-refractivity contribution in [2.75, 3.05) is 13.2 Å². The Balaban J connectivity index is 2.86. The van der Waals surface area contributed by atoms with Gasteiger partial charge in [0.1, 0.15) is 0 Å².